The van der Waals surface area contributed by atoms with E-state index in [4.69, 9.17) is 9.84 Å². The first kappa shape index (κ1) is 12.8. The summed E-state index contributed by atoms with van der Waals surface area (Å²) in [4.78, 5) is 0. The summed E-state index contributed by atoms with van der Waals surface area (Å²) in [5.41, 5.74) is 2.45. The van der Waals surface area contributed by atoms with E-state index in [1.807, 2.05) is 12.1 Å². The maximum atomic E-state index is 8.65. The molecule has 0 aliphatic carbocycles. The van der Waals surface area contributed by atoms with E-state index in [0.717, 1.165) is 25.0 Å². The third kappa shape index (κ3) is 4.07. The van der Waals surface area contributed by atoms with Crippen molar-refractivity contribution in [1.82, 2.24) is 0 Å². The molecule has 0 atom stereocenters. The van der Waals surface area contributed by atoms with Gasteiger partial charge in [0.05, 0.1) is 7.11 Å². The van der Waals surface area contributed by atoms with Crippen LogP contribution in [0.1, 0.15) is 30.4 Å². The molecule has 0 aliphatic heterocycles. The van der Waals surface area contributed by atoms with Crippen molar-refractivity contribution in [3.05, 3.63) is 35.4 Å². The van der Waals surface area contributed by atoms with Crippen LogP contribution in [0.4, 0.5) is 0 Å². The van der Waals surface area contributed by atoms with Crippen LogP contribution in [0, 0.1) is 6.92 Å². The van der Waals surface area contributed by atoms with Gasteiger partial charge >= 0.3 is 0 Å². The van der Waals surface area contributed by atoms with Crippen LogP contribution in [-0.2, 0) is 0 Å². The topological polar surface area (TPSA) is 29.5 Å². The summed E-state index contributed by atoms with van der Waals surface area (Å²) in [6.45, 7) is 2.37. The average Bonchev–Trinajstić information content (AvgIpc) is 2.30. The third-order valence-electron chi connectivity index (χ3n) is 2.55. The predicted molar refractivity (Wildman–Crippen MR) is 67.7 cm³/mol. The van der Waals surface area contributed by atoms with E-state index in [-0.39, 0.29) is 6.61 Å². The highest BCUT2D eigenvalue weighted by Crippen LogP contribution is 2.18. The van der Waals surface area contributed by atoms with Crippen molar-refractivity contribution in [1.29, 1.82) is 0 Å². The highest BCUT2D eigenvalue weighted by atomic mass is 16.5. The van der Waals surface area contributed by atoms with Gasteiger partial charge < -0.3 is 9.84 Å². The highest BCUT2D eigenvalue weighted by Gasteiger charge is 1.96. The van der Waals surface area contributed by atoms with Gasteiger partial charge in [0.15, 0.2) is 0 Å². The lowest BCUT2D eigenvalue weighted by atomic mass is 10.1. The van der Waals surface area contributed by atoms with Crippen LogP contribution in [0.3, 0.4) is 0 Å². The van der Waals surface area contributed by atoms with Crippen molar-refractivity contribution in [2.24, 2.45) is 0 Å². The van der Waals surface area contributed by atoms with E-state index in [2.05, 4.69) is 25.1 Å². The molecule has 0 saturated heterocycles. The zero-order valence-corrected chi connectivity index (χ0v) is 10.1. The molecular formula is C14H20O2. The molecule has 1 aromatic rings. The Hall–Kier alpha value is -1.28. The van der Waals surface area contributed by atoms with E-state index in [1.165, 1.54) is 11.1 Å². The van der Waals surface area contributed by atoms with Crippen LogP contribution >= 0.6 is 0 Å². The predicted octanol–water partition coefficient (Wildman–Crippen LogP) is 3.18. The maximum absolute atomic E-state index is 8.65. The number of aliphatic hydroxyl groups is 1. The number of benzene rings is 1. The molecular weight excluding hydrogens is 200 g/mol. The fraction of sp³-hybridized carbons (Fsp3) is 0.429. The number of hydrogen-bond acceptors (Lipinski definition) is 2. The summed E-state index contributed by atoms with van der Waals surface area (Å²) in [5, 5.41) is 8.65. The van der Waals surface area contributed by atoms with E-state index in [9.17, 15) is 0 Å². The molecule has 1 rings (SSSR count). The van der Waals surface area contributed by atoms with Gasteiger partial charge in [-0.2, -0.15) is 0 Å². The van der Waals surface area contributed by atoms with Gasteiger partial charge in [-0.15, -0.1) is 0 Å². The molecule has 2 nitrogen and oxygen atoms in total. The van der Waals surface area contributed by atoms with Crippen LogP contribution in [0.15, 0.2) is 24.3 Å². The molecule has 0 bridgehead atoms. The summed E-state index contributed by atoms with van der Waals surface area (Å²) in [5.74, 6) is 0.898. The summed E-state index contributed by atoms with van der Waals surface area (Å²) >= 11 is 0. The number of allylic oxidation sites excluding steroid dienone is 1. The minimum atomic E-state index is 0.287. The second kappa shape index (κ2) is 7.07. The number of rotatable bonds is 6. The molecule has 2 heteroatoms. The standard InChI is InChI=1S/C14H20O2/c1-12-11-14(16-2)9-8-13(12)7-5-3-4-6-10-15/h5,7-9,11,15H,3-4,6,10H2,1-2H3/b7-5+. The molecule has 88 valence electrons. The number of methoxy groups -OCH3 is 1. The quantitative estimate of drug-likeness (QED) is 0.746. The van der Waals surface area contributed by atoms with Crippen molar-refractivity contribution >= 4 is 6.08 Å². The summed E-state index contributed by atoms with van der Waals surface area (Å²) in [6.07, 6.45) is 7.23. The Labute approximate surface area is 97.6 Å². The van der Waals surface area contributed by atoms with Crippen LogP contribution in [-0.4, -0.2) is 18.8 Å². The monoisotopic (exact) mass is 220 g/mol. The molecule has 1 aromatic carbocycles. The first-order valence-corrected chi connectivity index (χ1v) is 5.70. The molecule has 0 aromatic heterocycles. The largest absolute Gasteiger partial charge is 0.497 e. The van der Waals surface area contributed by atoms with E-state index >= 15 is 0 Å². The Balaban J connectivity index is 2.53. The molecule has 0 aliphatic rings. The number of aryl methyl sites for hydroxylation is 1. The van der Waals surface area contributed by atoms with Crippen molar-refractivity contribution in [2.75, 3.05) is 13.7 Å². The normalized spacial score (nSPS) is 10.9. The zero-order chi connectivity index (χ0) is 11.8. The number of hydrogen-bond donors (Lipinski definition) is 1. The fourth-order valence-corrected chi connectivity index (χ4v) is 1.55. The molecule has 0 fully saturated rings. The highest BCUT2D eigenvalue weighted by molar-refractivity contribution is 5.55. The zero-order valence-electron chi connectivity index (χ0n) is 10.1. The summed E-state index contributed by atoms with van der Waals surface area (Å²) in [7, 11) is 1.68. The van der Waals surface area contributed by atoms with Crippen molar-refractivity contribution < 1.29 is 9.84 Å². The smallest absolute Gasteiger partial charge is 0.119 e. The lowest BCUT2D eigenvalue weighted by molar-refractivity contribution is 0.285. The second-order valence-electron chi connectivity index (χ2n) is 3.84. The van der Waals surface area contributed by atoms with E-state index in [0.29, 0.717) is 0 Å². The Morgan fingerprint density at radius 3 is 2.75 bits per heavy atom. The van der Waals surface area contributed by atoms with Crippen LogP contribution in [0.2, 0.25) is 0 Å². The van der Waals surface area contributed by atoms with Gasteiger partial charge in [0.25, 0.3) is 0 Å². The lowest BCUT2D eigenvalue weighted by Crippen LogP contribution is -1.86. The number of unbranched alkanes of at least 4 members (excludes halogenated alkanes) is 2. The van der Waals surface area contributed by atoms with Crippen LogP contribution in [0.25, 0.3) is 6.08 Å². The first-order chi connectivity index (χ1) is 7.77. The summed E-state index contributed by atoms with van der Waals surface area (Å²) < 4.78 is 5.16. The van der Waals surface area contributed by atoms with E-state index < -0.39 is 0 Å². The van der Waals surface area contributed by atoms with Gasteiger partial charge in [0.2, 0.25) is 0 Å². The second-order valence-corrected chi connectivity index (χ2v) is 3.84. The average molecular weight is 220 g/mol. The minimum absolute atomic E-state index is 0.287. The number of aliphatic hydroxyl groups excluding tert-OH is 1. The van der Waals surface area contributed by atoms with Crippen molar-refractivity contribution in [3.8, 4) is 5.75 Å². The van der Waals surface area contributed by atoms with Gasteiger partial charge in [0, 0.05) is 6.61 Å². The molecule has 1 N–H and O–H groups in total. The molecule has 0 unspecified atom stereocenters. The van der Waals surface area contributed by atoms with E-state index in [1.54, 1.807) is 7.11 Å². The first-order valence-electron chi connectivity index (χ1n) is 5.70. The molecule has 16 heavy (non-hydrogen) atoms. The fourth-order valence-electron chi connectivity index (χ4n) is 1.55. The Morgan fingerprint density at radius 1 is 1.31 bits per heavy atom. The van der Waals surface area contributed by atoms with Crippen LogP contribution in [0.5, 0.6) is 5.75 Å². The van der Waals surface area contributed by atoms with Gasteiger partial charge in [-0.05, 0) is 49.4 Å². The molecule has 0 heterocycles. The lowest BCUT2D eigenvalue weighted by Gasteiger charge is -2.04. The SMILES string of the molecule is COc1ccc(/C=C/CCCCO)c(C)c1. The Bertz CT molecular complexity index is 343. The van der Waals surface area contributed by atoms with Gasteiger partial charge in [0.1, 0.15) is 5.75 Å². The molecule has 0 radical (unpaired) electrons. The van der Waals surface area contributed by atoms with Crippen molar-refractivity contribution in [3.63, 3.8) is 0 Å². The molecule has 0 saturated carbocycles. The van der Waals surface area contributed by atoms with Gasteiger partial charge in [-0.1, -0.05) is 18.2 Å². The van der Waals surface area contributed by atoms with Crippen molar-refractivity contribution in [2.45, 2.75) is 26.2 Å². The minimum Gasteiger partial charge on any atom is -0.497 e. The molecule has 0 amide bonds. The maximum Gasteiger partial charge on any atom is 0.119 e. The Morgan fingerprint density at radius 2 is 2.12 bits per heavy atom. The summed E-state index contributed by atoms with van der Waals surface area (Å²) in [6, 6.07) is 6.07. The van der Waals surface area contributed by atoms with Crippen LogP contribution < -0.4 is 4.74 Å². The van der Waals surface area contributed by atoms with Gasteiger partial charge in [-0.3, -0.25) is 0 Å². The Kier molecular flexibility index (Phi) is 5.65. The van der Waals surface area contributed by atoms with Gasteiger partial charge in [-0.25, -0.2) is 0 Å². The number of ether oxygens (including phenoxy) is 1. The molecule has 0 spiro atoms. The third-order valence-corrected chi connectivity index (χ3v) is 2.55.